The molecule has 5 aromatic carbocycles. The molecule has 0 N–H and O–H groups in total. The van der Waals surface area contributed by atoms with Gasteiger partial charge in [-0.25, -0.2) is 0 Å². The zero-order valence-electron chi connectivity index (χ0n) is 19.6. The Balaban J connectivity index is 1.45. The van der Waals surface area contributed by atoms with E-state index in [2.05, 4.69) is 5.10 Å². The predicted octanol–water partition coefficient (Wildman–Crippen LogP) is 6.51. The number of nitrogens with zero attached hydrogens (tertiary/aromatic N) is 3. The average Bonchev–Trinajstić information content (AvgIpc) is 3.38. The molecule has 6 rings (SSSR count). The van der Waals surface area contributed by atoms with Crippen LogP contribution in [0.3, 0.4) is 0 Å². The van der Waals surface area contributed by atoms with Crippen LogP contribution < -0.4 is 4.18 Å². The lowest BCUT2D eigenvalue weighted by atomic mass is 10.1. The Morgan fingerprint density at radius 2 is 1.43 bits per heavy atom. The lowest BCUT2D eigenvalue weighted by Crippen LogP contribution is -2.11. The first kappa shape index (κ1) is 22.7. The summed E-state index contributed by atoms with van der Waals surface area (Å²) in [6.07, 6.45) is 3.74. The lowest BCUT2D eigenvalue weighted by molar-refractivity contribution is 0.485. The van der Waals surface area contributed by atoms with Crippen molar-refractivity contribution in [2.45, 2.75) is 4.90 Å². The van der Waals surface area contributed by atoms with E-state index in [0.29, 0.717) is 11.3 Å². The first-order valence-corrected chi connectivity index (χ1v) is 13.1. The van der Waals surface area contributed by atoms with E-state index in [1.807, 2.05) is 84.9 Å². The van der Waals surface area contributed by atoms with Crippen LogP contribution in [0.25, 0.3) is 39.6 Å². The van der Waals surface area contributed by atoms with E-state index in [9.17, 15) is 8.42 Å². The van der Waals surface area contributed by atoms with Crippen molar-refractivity contribution >= 4 is 44.1 Å². The summed E-state index contributed by atoms with van der Waals surface area (Å²) >= 11 is 0. The smallest absolute Gasteiger partial charge is 0.339 e. The maximum absolute atomic E-state index is 13.1. The van der Waals surface area contributed by atoms with Gasteiger partial charge in [-0.3, -0.25) is 0 Å². The molecular formula is C30H21N3O3S. The number of hydrogen-bond acceptors (Lipinski definition) is 5. The molecule has 0 fully saturated rings. The van der Waals surface area contributed by atoms with Crippen molar-refractivity contribution in [3.63, 3.8) is 0 Å². The molecule has 0 radical (unpaired) electrons. The molecule has 0 saturated heterocycles. The molecule has 6 aromatic rings. The molecule has 180 valence electrons. The number of rotatable bonds is 6. The van der Waals surface area contributed by atoms with E-state index in [1.54, 1.807) is 30.3 Å². The third kappa shape index (κ3) is 4.60. The quantitative estimate of drug-likeness (QED) is 0.191. The Hall–Kier alpha value is -4.75. The minimum atomic E-state index is -4.06. The summed E-state index contributed by atoms with van der Waals surface area (Å²) in [5.74, 6) is 0.180. The second-order valence-electron chi connectivity index (χ2n) is 8.46. The van der Waals surface area contributed by atoms with Gasteiger partial charge in [0.1, 0.15) is 15.9 Å². The van der Waals surface area contributed by atoms with Gasteiger partial charge in [-0.15, -0.1) is 10.2 Å². The Morgan fingerprint density at radius 3 is 2.24 bits per heavy atom. The monoisotopic (exact) mass is 503 g/mol. The van der Waals surface area contributed by atoms with Crippen LogP contribution in [-0.2, 0) is 10.1 Å². The molecule has 0 unspecified atom stereocenters. The normalized spacial score (nSPS) is 11.9. The summed E-state index contributed by atoms with van der Waals surface area (Å²) in [7, 11) is -4.06. The summed E-state index contributed by atoms with van der Waals surface area (Å²) in [4.78, 5) is 1.58. The van der Waals surface area contributed by atoms with E-state index >= 15 is 0 Å². The van der Waals surface area contributed by atoms with Gasteiger partial charge in [-0.05, 0) is 41.3 Å². The highest BCUT2D eigenvalue weighted by molar-refractivity contribution is 7.87. The molecule has 0 bridgehead atoms. The largest absolute Gasteiger partial charge is 0.378 e. The number of aromatic nitrogens is 3. The molecule has 1 heterocycles. The van der Waals surface area contributed by atoms with Crippen LogP contribution in [-0.4, -0.2) is 23.4 Å². The van der Waals surface area contributed by atoms with Gasteiger partial charge in [0, 0.05) is 17.0 Å². The topological polar surface area (TPSA) is 74.1 Å². The molecule has 0 spiro atoms. The molecule has 7 heteroatoms. The minimum absolute atomic E-state index is 0.0767. The summed E-state index contributed by atoms with van der Waals surface area (Å²) < 4.78 is 31.8. The van der Waals surface area contributed by atoms with E-state index in [1.165, 1.54) is 16.9 Å². The lowest BCUT2D eigenvalue weighted by Gasteiger charge is -2.11. The van der Waals surface area contributed by atoms with Gasteiger partial charge < -0.3 is 4.18 Å². The zero-order chi connectivity index (χ0) is 25.2. The van der Waals surface area contributed by atoms with Crippen molar-refractivity contribution in [2.24, 2.45) is 0 Å². The Morgan fingerprint density at radius 1 is 0.703 bits per heavy atom. The average molecular weight is 504 g/mol. The SMILES string of the molecule is O=S(=O)(Oc1cc(-n2nc3ccc4ccccc4c3n2)ccc1/C=C/c1ccccc1)c1ccccc1. The highest BCUT2D eigenvalue weighted by Gasteiger charge is 2.19. The first-order chi connectivity index (χ1) is 18.1. The van der Waals surface area contributed by atoms with E-state index in [0.717, 1.165) is 27.4 Å². The molecule has 37 heavy (non-hydrogen) atoms. The minimum Gasteiger partial charge on any atom is -0.378 e. The van der Waals surface area contributed by atoms with Crippen molar-refractivity contribution in [2.75, 3.05) is 0 Å². The summed E-state index contributed by atoms with van der Waals surface area (Å²) in [6, 6.07) is 35.1. The zero-order valence-corrected chi connectivity index (χ0v) is 20.4. The van der Waals surface area contributed by atoms with Crippen LogP contribution in [0.2, 0.25) is 0 Å². The fourth-order valence-electron chi connectivity index (χ4n) is 4.12. The van der Waals surface area contributed by atoms with Crippen molar-refractivity contribution in [1.82, 2.24) is 15.0 Å². The third-order valence-corrected chi connectivity index (χ3v) is 7.24. The molecule has 6 nitrogen and oxygen atoms in total. The first-order valence-electron chi connectivity index (χ1n) is 11.7. The van der Waals surface area contributed by atoms with Crippen LogP contribution in [0.5, 0.6) is 5.75 Å². The second kappa shape index (κ2) is 9.37. The van der Waals surface area contributed by atoms with Crippen molar-refractivity contribution < 1.29 is 12.6 Å². The van der Waals surface area contributed by atoms with Crippen LogP contribution in [0.15, 0.2) is 120 Å². The van der Waals surface area contributed by atoms with E-state index in [-0.39, 0.29) is 10.6 Å². The van der Waals surface area contributed by atoms with Gasteiger partial charge in [0.2, 0.25) is 0 Å². The van der Waals surface area contributed by atoms with E-state index in [4.69, 9.17) is 9.28 Å². The van der Waals surface area contributed by atoms with Crippen molar-refractivity contribution in [3.05, 3.63) is 126 Å². The van der Waals surface area contributed by atoms with Gasteiger partial charge in [0.25, 0.3) is 0 Å². The molecule has 1 aromatic heterocycles. The molecule has 0 aliphatic rings. The summed E-state index contributed by atoms with van der Waals surface area (Å²) in [5, 5.41) is 11.4. The number of benzene rings is 5. The van der Waals surface area contributed by atoms with Crippen LogP contribution >= 0.6 is 0 Å². The maximum atomic E-state index is 13.1. The van der Waals surface area contributed by atoms with Gasteiger partial charge in [-0.1, -0.05) is 91.0 Å². The van der Waals surface area contributed by atoms with Gasteiger partial charge in [0.15, 0.2) is 5.75 Å². The van der Waals surface area contributed by atoms with Crippen LogP contribution in [0, 0.1) is 0 Å². The van der Waals surface area contributed by atoms with Gasteiger partial charge in [0.05, 0.1) is 5.69 Å². The molecule has 0 aliphatic carbocycles. The molecule has 0 amide bonds. The summed E-state index contributed by atoms with van der Waals surface area (Å²) in [5.41, 5.74) is 3.68. The Kier molecular flexibility index (Phi) is 5.75. The predicted molar refractivity (Wildman–Crippen MR) is 146 cm³/mol. The molecule has 0 aliphatic heterocycles. The Bertz CT molecular complexity index is 1860. The van der Waals surface area contributed by atoms with Crippen LogP contribution in [0.1, 0.15) is 11.1 Å². The van der Waals surface area contributed by atoms with Gasteiger partial charge >= 0.3 is 10.1 Å². The standard InChI is InChI=1S/C30H21N3O3S/c34-37(35,26-12-5-2-6-13-26)36-29-21-25(19-17-24(29)16-15-22-9-3-1-4-10-22)33-31-28-20-18-23-11-7-8-14-27(23)30(28)32-33/h1-21H/b16-15+. The highest BCUT2D eigenvalue weighted by Crippen LogP contribution is 2.29. The molecule has 0 saturated carbocycles. The van der Waals surface area contributed by atoms with Gasteiger partial charge in [-0.2, -0.15) is 13.2 Å². The third-order valence-electron chi connectivity index (χ3n) is 5.99. The molecular weight excluding hydrogens is 482 g/mol. The fourth-order valence-corrected chi connectivity index (χ4v) is 5.09. The fraction of sp³-hybridized carbons (Fsp3) is 0. The van der Waals surface area contributed by atoms with Crippen molar-refractivity contribution in [1.29, 1.82) is 0 Å². The summed E-state index contributed by atoms with van der Waals surface area (Å²) in [6.45, 7) is 0. The van der Waals surface area contributed by atoms with E-state index < -0.39 is 10.1 Å². The molecule has 0 atom stereocenters. The number of fused-ring (bicyclic) bond motifs is 3. The highest BCUT2D eigenvalue weighted by atomic mass is 32.2. The van der Waals surface area contributed by atoms with Crippen LogP contribution in [0.4, 0.5) is 0 Å². The Labute approximate surface area is 214 Å². The van der Waals surface area contributed by atoms with Crippen molar-refractivity contribution in [3.8, 4) is 11.4 Å². The number of hydrogen-bond donors (Lipinski definition) is 0. The maximum Gasteiger partial charge on any atom is 0.339 e. The second-order valence-corrected chi connectivity index (χ2v) is 10.0.